The number of para-hydroxylation sites is 2. The molecule has 0 aliphatic heterocycles. The van der Waals surface area contributed by atoms with E-state index in [4.69, 9.17) is 9.47 Å². The fourth-order valence-corrected chi connectivity index (χ4v) is 2.98. The molecule has 1 aromatic heterocycles. The van der Waals surface area contributed by atoms with Gasteiger partial charge in [-0.1, -0.05) is 12.1 Å². The highest BCUT2D eigenvalue weighted by Crippen LogP contribution is 2.28. The van der Waals surface area contributed by atoms with Gasteiger partial charge in [0.25, 0.3) is 5.76 Å². The SMILES string of the molecule is COCCN(CCOC)C(=O)Cn1c(SC(F)F)nc2ccccc21. The second kappa shape index (κ2) is 9.69. The van der Waals surface area contributed by atoms with Gasteiger partial charge in [0.05, 0.1) is 24.2 Å². The first-order valence-corrected chi connectivity index (χ1v) is 8.60. The molecule has 0 aliphatic carbocycles. The van der Waals surface area contributed by atoms with Gasteiger partial charge in [-0.3, -0.25) is 4.79 Å². The van der Waals surface area contributed by atoms with Gasteiger partial charge in [0.15, 0.2) is 5.16 Å². The second-order valence-corrected chi connectivity index (χ2v) is 6.17. The monoisotopic (exact) mass is 373 g/mol. The molecule has 0 N–H and O–H groups in total. The number of fused-ring (bicyclic) bond motifs is 1. The number of nitrogens with zero attached hydrogens (tertiary/aromatic N) is 3. The molecule has 138 valence electrons. The average Bonchev–Trinajstić information content (AvgIpc) is 2.91. The Balaban J connectivity index is 2.24. The number of carbonyl (C=O) groups excluding carboxylic acids is 1. The molecule has 0 spiro atoms. The summed E-state index contributed by atoms with van der Waals surface area (Å²) in [7, 11) is 3.11. The molecule has 2 rings (SSSR count). The lowest BCUT2D eigenvalue weighted by Gasteiger charge is -2.22. The fraction of sp³-hybridized carbons (Fsp3) is 0.500. The summed E-state index contributed by atoms with van der Waals surface area (Å²) in [4.78, 5) is 18.5. The Kier molecular flexibility index (Phi) is 7.60. The summed E-state index contributed by atoms with van der Waals surface area (Å²) in [5, 5.41) is 0.128. The molecule has 2 aromatic rings. The van der Waals surface area contributed by atoms with Crippen LogP contribution in [0.4, 0.5) is 8.78 Å². The predicted molar refractivity (Wildman–Crippen MR) is 91.9 cm³/mol. The van der Waals surface area contributed by atoms with E-state index in [9.17, 15) is 13.6 Å². The number of thioether (sulfide) groups is 1. The van der Waals surface area contributed by atoms with E-state index in [2.05, 4.69) is 4.98 Å². The van der Waals surface area contributed by atoms with Crippen LogP contribution in [-0.4, -0.2) is 66.6 Å². The smallest absolute Gasteiger partial charge is 0.291 e. The van der Waals surface area contributed by atoms with Crippen LogP contribution in [0, 0.1) is 0 Å². The maximum absolute atomic E-state index is 12.8. The van der Waals surface area contributed by atoms with Gasteiger partial charge in [-0.25, -0.2) is 4.98 Å². The molecule has 0 atom stereocenters. The summed E-state index contributed by atoms with van der Waals surface area (Å²) < 4.78 is 37.3. The van der Waals surface area contributed by atoms with Crippen LogP contribution < -0.4 is 0 Å². The standard InChI is InChI=1S/C16H21F2N3O3S/c1-23-9-7-20(8-10-24-2)14(22)11-21-13-6-4-3-5-12(13)19-16(21)25-15(17)18/h3-6,15H,7-11H2,1-2H3. The molecular weight excluding hydrogens is 352 g/mol. The molecule has 0 bridgehead atoms. The van der Waals surface area contributed by atoms with E-state index in [1.165, 1.54) is 4.57 Å². The van der Waals surface area contributed by atoms with E-state index in [1.54, 1.807) is 43.4 Å². The van der Waals surface area contributed by atoms with Crippen LogP contribution in [-0.2, 0) is 20.8 Å². The van der Waals surface area contributed by atoms with Crippen LogP contribution in [0.1, 0.15) is 0 Å². The van der Waals surface area contributed by atoms with Gasteiger partial charge in [0.2, 0.25) is 5.91 Å². The molecule has 0 fully saturated rings. The van der Waals surface area contributed by atoms with Crippen LogP contribution >= 0.6 is 11.8 Å². The third-order valence-corrected chi connectivity index (χ3v) is 4.29. The lowest BCUT2D eigenvalue weighted by Crippen LogP contribution is -2.38. The first-order valence-electron chi connectivity index (χ1n) is 7.72. The fourth-order valence-electron chi connectivity index (χ4n) is 2.38. The summed E-state index contributed by atoms with van der Waals surface area (Å²) in [6.45, 7) is 1.52. The van der Waals surface area contributed by atoms with E-state index in [1.807, 2.05) is 0 Å². The number of aromatic nitrogens is 2. The van der Waals surface area contributed by atoms with E-state index >= 15 is 0 Å². The minimum atomic E-state index is -2.61. The Morgan fingerprint density at radius 1 is 1.24 bits per heavy atom. The molecule has 1 amide bonds. The van der Waals surface area contributed by atoms with Crippen molar-refractivity contribution in [2.45, 2.75) is 17.5 Å². The molecule has 9 heteroatoms. The Morgan fingerprint density at radius 3 is 2.48 bits per heavy atom. The largest absolute Gasteiger partial charge is 0.383 e. The maximum Gasteiger partial charge on any atom is 0.291 e. The summed E-state index contributed by atoms with van der Waals surface area (Å²) in [6.07, 6.45) is 0. The molecule has 0 aliphatic rings. The number of carbonyl (C=O) groups is 1. The van der Waals surface area contributed by atoms with Crippen molar-refractivity contribution in [2.75, 3.05) is 40.5 Å². The van der Waals surface area contributed by atoms with Gasteiger partial charge in [-0.05, 0) is 23.9 Å². The number of alkyl halides is 2. The number of halogens is 2. The van der Waals surface area contributed by atoms with E-state index in [-0.39, 0.29) is 17.6 Å². The molecule has 0 radical (unpaired) electrons. The number of benzene rings is 1. The molecule has 0 saturated carbocycles. The third kappa shape index (κ3) is 5.38. The Morgan fingerprint density at radius 2 is 1.88 bits per heavy atom. The molecule has 1 aromatic carbocycles. The van der Waals surface area contributed by atoms with Gasteiger partial charge < -0.3 is 18.9 Å². The Labute approximate surface area is 149 Å². The quantitative estimate of drug-likeness (QED) is 0.599. The van der Waals surface area contributed by atoms with Gasteiger partial charge in [-0.15, -0.1) is 0 Å². The van der Waals surface area contributed by atoms with Crippen LogP contribution in [0.5, 0.6) is 0 Å². The number of hydrogen-bond donors (Lipinski definition) is 0. The zero-order valence-corrected chi connectivity index (χ0v) is 15.0. The van der Waals surface area contributed by atoms with Crippen LogP contribution in [0.25, 0.3) is 11.0 Å². The van der Waals surface area contributed by atoms with Gasteiger partial charge in [0.1, 0.15) is 6.54 Å². The third-order valence-electron chi connectivity index (χ3n) is 3.59. The van der Waals surface area contributed by atoms with Gasteiger partial charge >= 0.3 is 0 Å². The molecule has 25 heavy (non-hydrogen) atoms. The minimum Gasteiger partial charge on any atom is -0.383 e. The first kappa shape index (κ1) is 19.6. The highest BCUT2D eigenvalue weighted by Gasteiger charge is 2.20. The number of methoxy groups -OCH3 is 2. The van der Waals surface area contributed by atoms with Crippen LogP contribution in [0.2, 0.25) is 0 Å². The topological polar surface area (TPSA) is 56.6 Å². The average molecular weight is 373 g/mol. The first-order chi connectivity index (χ1) is 12.1. The van der Waals surface area contributed by atoms with Gasteiger partial charge in [0, 0.05) is 27.3 Å². The van der Waals surface area contributed by atoms with E-state index < -0.39 is 5.76 Å². The van der Waals surface area contributed by atoms with Crippen molar-refractivity contribution in [1.29, 1.82) is 0 Å². The van der Waals surface area contributed by atoms with Gasteiger partial charge in [-0.2, -0.15) is 8.78 Å². The van der Waals surface area contributed by atoms with Crippen molar-refractivity contribution >= 4 is 28.7 Å². The van der Waals surface area contributed by atoms with Crippen molar-refractivity contribution in [3.63, 3.8) is 0 Å². The summed E-state index contributed by atoms with van der Waals surface area (Å²) in [5.74, 6) is -2.81. The van der Waals surface area contributed by atoms with Crippen LogP contribution in [0.15, 0.2) is 29.4 Å². The molecular formula is C16H21F2N3O3S. The molecule has 1 heterocycles. The van der Waals surface area contributed by atoms with Crippen LogP contribution in [0.3, 0.4) is 0 Å². The number of hydrogen-bond acceptors (Lipinski definition) is 5. The van der Waals surface area contributed by atoms with E-state index in [0.29, 0.717) is 49.1 Å². The molecule has 6 nitrogen and oxygen atoms in total. The highest BCUT2D eigenvalue weighted by atomic mass is 32.2. The normalized spacial score (nSPS) is 11.4. The maximum atomic E-state index is 12.8. The Bertz CT molecular complexity index is 688. The zero-order chi connectivity index (χ0) is 18.2. The lowest BCUT2D eigenvalue weighted by molar-refractivity contribution is -0.133. The van der Waals surface area contributed by atoms with Crippen molar-refractivity contribution in [3.8, 4) is 0 Å². The second-order valence-electron chi connectivity index (χ2n) is 5.21. The highest BCUT2D eigenvalue weighted by molar-refractivity contribution is 7.99. The minimum absolute atomic E-state index is 0.0665. The Hall–Kier alpha value is -1.71. The molecule has 0 unspecified atom stereocenters. The number of amides is 1. The van der Waals surface area contributed by atoms with E-state index in [0.717, 1.165) is 0 Å². The van der Waals surface area contributed by atoms with Crippen molar-refractivity contribution in [3.05, 3.63) is 24.3 Å². The van der Waals surface area contributed by atoms with Crippen molar-refractivity contribution in [1.82, 2.24) is 14.5 Å². The lowest BCUT2D eigenvalue weighted by atomic mass is 10.3. The predicted octanol–water partition coefficient (Wildman–Crippen LogP) is 2.47. The number of imidazole rings is 1. The number of ether oxygens (including phenoxy) is 2. The summed E-state index contributed by atoms with van der Waals surface area (Å²) in [6, 6.07) is 7.07. The zero-order valence-electron chi connectivity index (χ0n) is 14.2. The van der Waals surface area contributed by atoms with Crippen molar-refractivity contribution < 1.29 is 23.0 Å². The summed E-state index contributed by atoms with van der Waals surface area (Å²) in [5.41, 5.74) is 1.23. The number of rotatable bonds is 10. The van der Waals surface area contributed by atoms with Crippen molar-refractivity contribution in [2.24, 2.45) is 0 Å². The molecule has 0 saturated heterocycles. The summed E-state index contributed by atoms with van der Waals surface area (Å²) >= 11 is 0.339.